The molecule has 0 saturated carbocycles. The predicted octanol–water partition coefficient (Wildman–Crippen LogP) is 3.63. The number of carbonyl (C=O) groups excluding carboxylic acids is 1. The lowest BCUT2D eigenvalue weighted by molar-refractivity contribution is 0.0693. The maximum absolute atomic E-state index is 12.3. The summed E-state index contributed by atoms with van der Waals surface area (Å²) in [5, 5.41) is 19.3. The average Bonchev–Trinajstić information content (AvgIpc) is 2.38. The lowest BCUT2D eigenvalue weighted by atomic mass is 10.00. The Labute approximate surface area is 124 Å². The molecule has 0 fully saturated rings. The van der Waals surface area contributed by atoms with Crippen LogP contribution in [0.15, 0.2) is 36.4 Å². The van der Waals surface area contributed by atoms with Crippen LogP contribution >= 0.6 is 23.2 Å². The minimum absolute atomic E-state index is 0.127. The third kappa shape index (κ3) is 2.61. The van der Waals surface area contributed by atoms with Gasteiger partial charge in [0.25, 0.3) is 0 Å². The van der Waals surface area contributed by atoms with Crippen LogP contribution < -0.4 is 0 Å². The van der Waals surface area contributed by atoms with E-state index in [4.69, 9.17) is 28.3 Å². The van der Waals surface area contributed by atoms with E-state index >= 15 is 0 Å². The zero-order valence-corrected chi connectivity index (χ0v) is 11.4. The number of rotatable bonds is 3. The molecular weight excluding hydrogens is 303 g/mol. The van der Waals surface area contributed by atoms with Gasteiger partial charge in [0.1, 0.15) is 11.3 Å². The summed E-state index contributed by atoms with van der Waals surface area (Å²) in [5.41, 5.74) is -0.344. The zero-order valence-electron chi connectivity index (χ0n) is 9.93. The highest BCUT2D eigenvalue weighted by atomic mass is 35.5. The van der Waals surface area contributed by atoms with E-state index in [0.29, 0.717) is 5.02 Å². The second-order valence-corrected chi connectivity index (χ2v) is 4.80. The van der Waals surface area contributed by atoms with E-state index in [2.05, 4.69) is 0 Å². The second kappa shape index (κ2) is 5.53. The molecule has 2 aromatic rings. The van der Waals surface area contributed by atoms with Crippen molar-refractivity contribution in [2.45, 2.75) is 0 Å². The molecule has 0 aromatic heterocycles. The van der Waals surface area contributed by atoms with Gasteiger partial charge < -0.3 is 10.2 Å². The number of benzene rings is 2. The SMILES string of the molecule is O=C(O)c1cccc(C(=O)c2ccc(Cl)cc2Cl)c1O. The number of carboxylic acid groups (broad SMARTS) is 1. The summed E-state index contributed by atoms with van der Waals surface area (Å²) in [5.74, 6) is -2.48. The van der Waals surface area contributed by atoms with Crippen LogP contribution in [0.3, 0.4) is 0 Å². The van der Waals surface area contributed by atoms with Gasteiger partial charge >= 0.3 is 5.97 Å². The molecule has 0 aliphatic carbocycles. The highest BCUT2D eigenvalue weighted by molar-refractivity contribution is 6.37. The van der Waals surface area contributed by atoms with Gasteiger partial charge in [-0.3, -0.25) is 4.79 Å². The first-order valence-electron chi connectivity index (χ1n) is 5.47. The first-order chi connectivity index (χ1) is 9.41. The van der Waals surface area contributed by atoms with Crippen molar-refractivity contribution in [2.75, 3.05) is 0 Å². The van der Waals surface area contributed by atoms with E-state index in [0.717, 1.165) is 0 Å². The number of phenols is 1. The van der Waals surface area contributed by atoms with Crippen molar-refractivity contribution in [2.24, 2.45) is 0 Å². The molecule has 102 valence electrons. The Morgan fingerprint density at radius 3 is 2.20 bits per heavy atom. The maximum atomic E-state index is 12.3. The molecule has 2 N–H and O–H groups in total. The van der Waals surface area contributed by atoms with E-state index < -0.39 is 17.5 Å². The van der Waals surface area contributed by atoms with E-state index in [9.17, 15) is 14.7 Å². The largest absolute Gasteiger partial charge is 0.506 e. The van der Waals surface area contributed by atoms with Gasteiger partial charge in [0, 0.05) is 10.6 Å². The average molecular weight is 311 g/mol. The van der Waals surface area contributed by atoms with Gasteiger partial charge in [0.2, 0.25) is 0 Å². The Bertz CT molecular complexity index is 710. The van der Waals surface area contributed by atoms with Crippen LogP contribution in [0.2, 0.25) is 10.0 Å². The Balaban J connectivity index is 2.54. The third-order valence-corrected chi connectivity index (χ3v) is 3.23. The summed E-state index contributed by atoms with van der Waals surface area (Å²) in [6, 6.07) is 8.21. The van der Waals surface area contributed by atoms with Crippen molar-refractivity contribution in [1.82, 2.24) is 0 Å². The predicted molar refractivity (Wildman–Crippen MR) is 75.0 cm³/mol. The molecule has 0 aliphatic heterocycles. The standard InChI is InChI=1S/C14H8Cl2O4/c15-7-4-5-8(11(16)6-7)12(17)9-2-1-3-10(13(9)18)14(19)20/h1-6,18H,(H,19,20). The van der Waals surface area contributed by atoms with Crippen molar-refractivity contribution in [1.29, 1.82) is 0 Å². The Morgan fingerprint density at radius 2 is 1.60 bits per heavy atom. The molecule has 0 heterocycles. The van der Waals surface area contributed by atoms with Crippen LogP contribution in [0.25, 0.3) is 0 Å². The summed E-state index contributed by atoms with van der Waals surface area (Å²) in [6.07, 6.45) is 0. The van der Waals surface area contributed by atoms with Gasteiger partial charge in [-0.1, -0.05) is 29.3 Å². The Kier molecular flexibility index (Phi) is 3.97. The maximum Gasteiger partial charge on any atom is 0.339 e. The topological polar surface area (TPSA) is 74.6 Å². The van der Waals surface area contributed by atoms with Crippen molar-refractivity contribution in [3.05, 3.63) is 63.1 Å². The molecule has 0 radical (unpaired) electrons. The summed E-state index contributed by atoms with van der Waals surface area (Å²) in [6.45, 7) is 0. The first kappa shape index (κ1) is 14.4. The summed E-state index contributed by atoms with van der Waals surface area (Å²) in [4.78, 5) is 23.2. The summed E-state index contributed by atoms with van der Waals surface area (Å²) >= 11 is 11.7. The number of aromatic carboxylic acids is 1. The van der Waals surface area contributed by atoms with E-state index in [1.165, 1.54) is 36.4 Å². The van der Waals surface area contributed by atoms with Gasteiger partial charge in [-0.05, 0) is 30.3 Å². The number of hydrogen-bond donors (Lipinski definition) is 2. The van der Waals surface area contributed by atoms with Crippen molar-refractivity contribution in [3.8, 4) is 5.75 Å². The number of carboxylic acids is 1. The van der Waals surface area contributed by atoms with Gasteiger partial charge in [-0.25, -0.2) is 4.79 Å². The van der Waals surface area contributed by atoms with Gasteiger partial charge in [0.05, 0.1) is 10.6 Å². The Hall–Kier alpha value is -2.04. The lowest BCUT2D eigenvalue weighted by Gasteiger charge is -2.08. The van der Waals surface area contributed by atoms with Crippen molar-refractivity contribution >= 4 is 35.0 Å². The fraction of sp³-hybridized carbons (Fsp3) is 0. The molecule has 0 spiro atoms. The molecular formula is C14H8Cl2O4. The van der Waals surface area contributed by atoms with Crippen molar-refractivity contribution < 1.29 is 19.8 Å². The molecule has 4 nitrogen and oxygen atoms in total. The van der Waals surface area contributed by atoms with Crippen LogP contribution in [0.1, 0.15) is 26.3 Å². The van der Waals surface area contributed by atoms with E-state index in [1.807, 2.05) is 0 Å². The number of carbonyl (C=O) groups is 2. The minimum atomic E-state index is -1.32. The Morgan fingerprint density at radius 1 is 0.950 bits per heavy atom. The van der Waals surface area contributed by atoms with Crippen LogP contribution in [0, 0.1) is 0 Å². The monoisotopic (exact) mass is 310 g/mol. The molecule has 0 saturated heterocycles. The molecule has 0 bridgehead atoms. The fourth-order valence-corrected chi connectivity index (χ4v) is 2.21. The second-order valence-electron chi connectivity index (χ2n) is 3.96. The van der Waals surface area contributed by atoms with E-state index in [1.54, 1.807) is 0 Å². The van der Waals surface area contributed by atoms with Crippen LogP contribution in [-0.2, 0) is 0 Å². The minimum Gasteiger partial charge on any atom is -0.506 e. The summed E-state index contributed by atoms with van der Waals surface area (Å²) in [7, 11) is 0. The number of hydrogen-bond acceptors (Lipinski definition) is 3. The van der Waals surface area contributed by atoms with Crippen molar-refractivity contribution in [3.63, 3.8) is 0 Å². The quantitative estimate of drug-likeness (QED) is 0.849. The van der Waals surface area contributed by atoms with Crippen LogP contribution in [-0.4, -0.2) is 22.0 Å². The van der Waals surface area contributed by atoms with Crippen LogP contribution in [0.5, 0.6) is 5.75 Å². The molecule has 0 unspecified atom stereocenters. The van der Waals surface area contributed by atoms with Gasteiger partial charge in [-0.15, -0.1) is 0 Å². The summed E-state index contributed by atoms with van der Waals surface area (Å²) < 4.78 is 0. The van der Waals surface area contributed by atoms with Gasteiger partial charge in [-0.2, -0.15) is 0 Å². The van der Waals surface area contributed by atoms with Crippen LogP contribution in [0.4, 0.5) is 0 Å². The molecule has 20 heavy (non-hydrogen) atoms. The first-order valence-corrected chi connectivity index (χ1v) is 6.22. The fourth-order valence-electron chi connectivity index (χ4n) is 1.72. The molecule has 0 amide bonds. The van der Waals surface area contributed by atoms with E-state index in [-0.39, 0.29) is 21.7 Å². The normalized spacial score (nSPS) is 10.3. The number of ketones is 1. The molecule has 0 aliphatic rings. The molecule has 2 rings (SSSR count). The smallest absolute Gasteiger partial charge is 0.339 e. The highest BCUT2D eigenvalue weighted by Gasteiger charge is 2.20. The zero-order chi connectivity index (χ0) is 14.9. The molecule has 0 atom stereocenters. The molecule has 2 aromatic carbocycles. The highest BCUT2D eigenvalue weighted by Crippen LogP contribution is 2.28. The number of aromatic hydroxyl groups is 1. The number of para-hydroxylation sites is 1. The third-order valence-electron chi connectivity index (χ3n) is 2.69. The molecule has 6 heteroatoms. The lowest BCUT2D eigenvalue weighted by Crippen LogP contribution is -2.06. The van der Waals surface area contributed by atoms with Gasteiger partial charge in [0.15, 0.2) is 5.78 Å². The number of halogens is 2.